The second-order valence-electron chi connectivity index (χ2n) is 6.20. The van der Waals surface area contributed by atoms with Crippen LogP contribution in [0.15, 0.2) is 40.6 Å². The number of methoxy groups -OCH3 is 1. The summed E-state index contributed by atoms with van der Waals surface area (Å²) in [5.41, 5.74) is 0.953. The van der Waals surface area contributed by atoms with Crippen LogP contribution < -0.4 is 5.32 Å². The monoisotopic (exact) mass is 442 g/mol. The summed E-state index contributed by atoms with van der Waals surface area (Å²) in [7, 11) is -2.50. The van der Waals surface area contributed by atoms with Crippen molar-refractivity contribution in [2.75, 3.05) is 13.7 Å². The van der Waals surface area contributed by atoms with E-state index in [2.05, 4.69) is 5.32 Å². The van der Waals surface area contributed by atoms with Gasteiger partial charge in [-0.1, -0.05) is 29.8 Å². The number of hydrogen-bond donors (Lipinski definition) is 1. The number of sulfonamides is 1. The van der Waals surface area contributed by atoms with Gasteiger partial charge in [-0.2, -0.15) is 4.31 Å². The molecule has 150 valence electrons. The largest absolute Gasteiger partial charge is 0.465 e. The van der Waals surface area contributed by atoms with Gasteiger partial charge in [0.1, 0.15) is 10.3 Å². The van der Waals surface area contributed by atoms with Crippen molar-refractivity contribution >= 4 is 44.8 Å². The Morgan fingerprint density at radius 2 is 2.04 bits per heavy atom. The summed E-state index contributed by atoms with van der Waals surface area (Å²) in [6, 6.07) is 8.95. The van der Waals surface area contributed by atoms with Crippen molar-refractivity contribution < 1.29 is 22.7 Å². The standard InChI is InChI=1S/C18H19ClN2O5S2/c1-26-18(23)13-6-3-2-5-12(13)11-20-17(22)14-7-4-10-21(14)28(24,25)16-9-8-15(19)27-16/h2-3,5-6,8-9,14H,4,7,10-11H2,1H3,(H,20,22)/t14-/m0/s1. The lowest BCUT2D eigenvalue weighted by molar-refractivity contribution is -0.124. The third kappa shape index (κ3) is 4.22. The number of carbonyl (C=O) groups excluding carboxylic acids is 2. The van der Waals surface area contributed by atoms with E-state index in [4.69, 9.17) is 16.3 Å². The van der Waals surface area contributed by atoms with Crippen molar-refractivity contribution in [1.82, 2.24) is 9.62 Å². The number of esters is 1. The summed E-state index contributed by atoms with van der Waals surface area (Å²) < 4.78 is 32.2. The molecule has 1 amide bonds. The number of amides is 1. The smallest absolute Gasteiger partial charge is 0.338 e. The molecule has 10 heteroatoms. The third-order valence-corrected chi connectivity index (χ3v) is 8.10. The summed E-state index contributed by atoms with van der Waals surface area (Å²) in [6.45, 7) is 0.369. The maximum atomic E-state index is 12.9. The van der Waals surface area contributed by atoms with E-state index in [-0.39, 0.29) is 17.3 Å². The molecule has 1 aromatic carbocycles. The minimum absolute atomic E-state index is 0.0966. The number of rotatable bonds is 6. The van der Waals surface area contributed by atoms with E-state index in [9.17, 15) is 18.0 Å². The lowest BCUT2D eigenvalue weighted by Gasteiger charge is -2.22. The van der Waals surface area contributed by atoms with E-state index in [1.54, 1.807) is 24.3 Å². The number of nitrogens with zero attached hydrogens (tertiary/aromatic N) is 1. The maximum Gasteiger partial charge on any atom is 0.338 e. The summed E-state index contributed by atoms with van der Waals surface area (Å²) in [6.07, 6.45) is 1.03. The second kappa shape index (κ2) is 8.60. The SMILES string of the molecule is COC(=O)c1ccccc1CNC(=O)[C@@H]1CCCN1S(=O)(=O)c1ccc(Cl)s1. The fourth-order valence-electron chi connectivity index (χ4n) is 3.13. The highest BCUT2D eigenvalue weighted by atomic mass is 35.5. The number of thiophene rings is 1. The third-order valence-electron chi connectivity index (χ3n) is 4.49. The van der Waals surface area contributed by atoms with E-state index >= 15 is 0 Å². The van der Waals surface area contributed by atoms with Gasteiger partial charge in [0.05, 0.1) is 17.0 Å². The number of nitrogens with one attached hydrogen (secondary N) is 1. The molecule has 0 spiro atoms. The van der Waals surface area contributed by atoms with Crippen molar-refractivity contribution in [2.24, 2.45) is 0 Å². The molecule has 0 saturated carbocycles. The highest BCUT2D eigenvalue weighted by Gasteiger charge is 2.40. The topological polar surface area (TPSA) is 92.8 Å². The Kier molecular flexibility index (Phi) is 6.39. The molecule has 1 aliphatic heterocycles. The molecule has 0 aliphatic carbocycles. The van der Waals surface area contributed by atoms with Gasteiger partial charge < -0.3 is 10.1 Å². The maximum absolute atomic E-state index is 12.9. The first-order valence-electron chi connectivity index (χ1n) is 8.55. The van der Waals surface area contributed by atoms with Gasteiger partial charge >= 0.3 is 5.97 Å². The van der Waals surface area contributed by atoms with Gasteiger partial charge in [0.15, 0.2) is 0 Å². The number of benzene rings is 1. The number of halogens is 1. The summed E-state index contributed by atoms with van der Waals surface area (Å²) in [5.74, 6) is -0.895. The second-order valence-corrected chi connectivity index (χ2v) is 10.0. The molecule has 1 aromatic heterocycles. The first kappa shape index (κ1) is 20.8. The fraction of sp³-hybridized carbons (Fsp3) is 0.333. The number of carbonyl (C=O) groups is 2. The van der Waals surface area contributed by atoms with Crippen LogP contribution in [0.3, 0.4) is 0 Å². The Hall–Kier alpha value is -1.94. The van der Waals surface area contributed by atoms with Crippen LogP contribution >= 0.6 is 22.9 Å². The van der Waals surface area contributed by atoms with Crippen molar-refractivity contribution in [1.29, 1.82) is 0 Å². The van der Waals surface area contributed by atoms with Crippen molar-refractivity contribution in [3.63, 3.8) is 0 Å². The van der Waals surface area contributed by atoms with E-state index in [0.29, 0.717) is 28.3 Å². The Bertz CT molecular complexity index is 989. The average Bonchev–Trinajstić information content (AvgIpc) is 3.35. The summed E-state index contributed by atoms with van der Waals surface area (Å²) in [4.78, 5) is 24.6. The highest BCUT2D eigenvalue weighted by molar-refractivity contribution is 7.91. The zero-order valence-electron chi connectivity index (χ0n) is 15.1. The molecule has 0 unspecified atom stereocenters. The van der Waals surface area contributed by atoms with E-state index in [1.807, 2.05) is 0 Å². The average molecular weight is 443 g/mol. The predicted octanol–water partition coefficient (Wildman–Crippen LogP) is 2.66. The molecule has 3 rings (SSSR count). The Morgan fingerprint density at radius 1 is 1.29 bits per heavy atom. The van der Waals surface area contributed by atoms with E-state index < -0.39 is 27.9 Å². The van der Waals surface area contributed by atoms with Gasteiger partial charge in [-0.25, -0.2) is 13.2 Å². The van der Waals surface area contributed by atoms with E-state index in [0.717, 1.165) is 11.3 Å². The van der Waals surface area contributed by atoms with Crippen LogP contribution in [0.1, 0.15) is 28.8 Å². The van der Waals surface area contributed by atoms with Crippen LogP contribution in [0.5, 0.6) is 0 Å². The number of ether oxygens (including phenoxy) is 1. The Labute approximate surface area is 172 Å². The molecule has 28 heavy (non-hydrogen) atoms. The number of hydrogen-bond acceptors (Lipinski definition) is 6. The molecule has 0 bridgehead atoms. The predicted molar refractivity (Wildman–Crippen MR) is 106 cm³/mol. The zero-order chi connectivity index (χ0) is 20.3. The van der Waals surface area contributed by atoms with Gasteiger partial charge in [0, 0.05) is 13.1 Å². The lowest BCUT2D eigenvalue weighted by Crippen LogP contribution is -2.45. The minimum Gasteiger partial charge on any atom is -0.465 e. The molecule has 1 aliphatic rings. The van der Waals surface area contributed by atoms with Crippen LogP contribution in [-0.4, -0.2) is 44.3 Å². The molecular weight excluding hydrogens is 424 g/mol. The fourth-order valence-corrected chi connectivity index (χ4v) is 6.39. The molecule has 0 radical (unpaired) electrons. The van der Waals surface area contributed by atoms with Crippen LogP contribution in [0, 0.1) is 0 Å². The lowest BCUT2D eigenvalue weighted by atomic mass is 10.1. The summed E-state index contributed by atoms with van der Waals surface area (Å²) >= 11 is 6.83. The first-order valence-corrected chi connectivity index (χ1v) is 11.2. The minimum atomic E-state index is -3.79. The van der Waals surface area contributed by atoms with Crippen LogP contribution in [0.25, 0.3) is 0 Å². The van der Waals surface area contributed by atoms with Crippen molar-refractivity contribution in [3.8, 4) is 0 Å². The van der Waals surface area contributed by atoms with Gasteiger partial charge in [-0.3, -0.25) is 4.79 Å². The molecule has 7 nitrogen and oxygen atoms in total. The van der Waals surface area contributed by atoms with Crippen LogP contribution in [0.2, 0.25) is 4.34 Å². The van der Waals surface area contributed by atoms with Gasteiger partial charge in [-0.15, -0.1) is 11.3 Å². The first-order chi connectivity index (χ1) is 13.3. The Balaban J connectivity index is 1.73. The van der Waals surface area contributed by atoms with E-state index in [1.165, 1.54) is 23.5 Å². The molecule has 1 atom stereocenters. The van der Waals surface area contributed by atoms with Crippen LogP contribution in [0.4, 0.5) is 0 Å². The molecule has 1 saturated heterocycles. The molecular formula is C18H19ClN2O5S2. The van der Waals surface area contributed by atoms with Gasteiger partial charge in [-0.05, 0) is 36.6 Å². The zero-order valence-corrected chi connectivity index (χ0v) is 17.4. The van der Waals surface area contributed by atoms with Gasteiger partial charge in [0.2, 0.25) is 5.91 Å². The van der Waals surface area contributed by atoms with Gasteiger partial charge in [0.25, 0.3) is 10.0 Å². The quantitative estimate of drug-likeness (QED) is 0.694. The Morgan fingerprint density at radius 3 is 2.71 bits per heavy atom. The molecule has 1 N–H and O–H groups in total. The van der Waals surface area contributed by atoms with Crippen LogP contribution in [-0.2, 0) is 26.1 Å². The van der Waals surface area contributed by atoms with Crippen molar-refractivity contribution in [2.45, 2.75) is 29.6 Å². The molecule has 2 aromatic rings. The molecule has 1 fully saturated rings. The summed E-state index contributed by atoms with van der Waals surface area (Å²) in [5, 5.41) is 2.74. The van der Waals surface area contributed by atoms with Crippen molar-refractivity contribution in [3.05, 3.63) is 51.9 Å². The highest BCUT2D eigenvalue weighted by Crippen LogP contribution is 2.32. The molecule has 2 heterocycles. The normalized spacial score (nSPS) is 17.4.